The van der Waals surface area contributed by atoms with Crippen LogP contribution in [0.1, 0.15) is 38.7 Å². The summed E-state index contributed by atoms with van der Waals surface area (Å²) in [6.45, 7) is 3.72. The average Bonchev–Trinajstić information content (AvgIpc) is 2.71. The number of hydrogen-bond acceptors (Lipinski definition) is 4. The lowest BCUT2D eigenvalue weighted by atomic mass is 10.2. The number of unbranched alkanes of at least 4 members (excludes halogenated alkanes) is 1. The molecule has 0 saturated heterocycles. The van der Waals surface area contributed by atoms with E-state index in [9.17, 15) is 13.2 Å². The Morgan fingerprint density at radius 1 is 1.04 bits per heavy atom. The van der Waals surface area contributed by atoms with Gasteiger partial charge in [-0.15, -0.1) is 0 Å². The minimum Gasteiger partial charge on any atom is -0.272 e. The van der Waals surface area contributed by atoms with E-state index in [1.807, 2.05) is 37.3 Å². The van der Waals surface area contributed by atoms with Crippen molar-refractivity contribution in [3.63, 3.8) is 0 Å². The Hall–Kier alpha value is -2.51. The van der Waals surface area contributed by atoms with Gasteiger partial charge in [-0.05, 0) is 37.5 Å². The topological polar surface area (TPSA) is 78.8 Å². The molecular weight excluding hydrogens is 374 g/mol. The second kappa shape index (κ2) is 10.7. The summed E-state index contributed by atoms with van der Waals surface area (Å²) in [5.74, 6) is -0.466. The molecule has 0 unspecified atom stereocenters. The van der Waals surface area contributed by atoms with Crippen LogP contribution in [0.25, 0.3) is 0 Å². The van der Waals surface area contributed by atoms with E-state index in [2.05, 4.69) is 17.5 Å². The SMILES string of the molecule is CCCC/C(C)=N/NC(=O)CN(Cc1ccccc1)S(=O)(=O)c1ccccc1. The van der Waals surface area contributed by atoms with E-state index in [-0.39, 0.29) is 18.0 Å². The summed E-state index contributed by atoms with van der Waals surface area (Å²) in [5, 5.41) is 4.07. The molecule has 2 aromatic carbocycles. The van der Waals surface area contributed by atoms with Gasteiger partial charge in [0.05, 0.1) is 11.4 Å². The van der Waals surface area contributed by atoms with Gasteiger partial charge in [-0.3, -0.25) is 4.79 Å². The van der Waals surface area contributed by atoms with Crippen molar-refractivity contribution in [2.45, 2.75) is 44.6 Å². The zero-order chi connectivity index (χ0) is 20.4. The molecule has 7 heteroatoms. The molecule has 0 heterocycles. The standard InChI is InChI=1S/C21H27N3O3S/c1-3-4-11-18(2)22-23-21(25)17-24(16-19-12-7-5-8-13-19)28(26,27)20-14-9-6-10-15-20/h5-10,12-15H,3-4,11,16-17H2,1-2H3,(H,23,25)/b22-18+. The van der Waals surface area contributed by atoms with Gasteiger partial charge in [-0.25, -0.2) is 13.8 Å². The first-order chi connectivity index (χ1) is 13.4. The van der Waals surface area contributed by atoms with Gasteiger partial charge >= 0.3 is 0 Å². The number of nitrogens with one attached hydrogen (secondary N) is 1. The average molecular weight is 402 g/mol. The van der Waals surface area contributed by atoms with Crippen LogP contribution in [0.15, 0.2) is 70.7 Å². The van der Waals surface area contributed by atoms with Crippen molar-refractivity contribution in [1.29, 1.82) is 0 Å². The van der Waals surface area contributed by atoms with Crippen molar-refractivity contribution >= 4 is 21.6 Å². The summed E-state index contributed by atoms with van der Waals surface area (Å²) in [5.41, 5.74) is 4.09. The highest BCUT2D eigenvalue weighted by molar-refractivity contribution is 7.89. The van der Waals surface area contributed by atoms with E-state index in [0.29, 0.717) is 0 Å². The number of hydrazone groups is 1. The lowest BCUT2D eigenvalue weighted by molar-refractivity contribution is -0.121. The van der Waals surface area contributed by atoms with E-state index in [1.54, 1.807) is 18.2 Å². The lowest BCUT2D eigenvalue weighted by Crippen LogP contribution is -2.39. The lowest BCUT2D eigenvalue weighted by Gasteiger charge is -2.21. The van der Waals surface area contributed by atoms with E-state index >= 15 is 0 Å². The molecule has 0 saturated carbocycles. The molecule has 0 aliphatic heterocycles. The molecule has 0 radical (unpaired) electrons. The Morgan fingerprint density at radius 3 is 2.25 bits per heavy atom. The molecule has 1 N–H and O–H groups in total. The minimum atomic E-state index is -3.82. The summed E-state index contributed by atoms with van der Waals surface area (Å²) in [6, 6.07) is 17.3. The van der Waals surface area contributed by atoms with Crippen LogP contribution in [0, 0.1) is 0 Å². The maximum atomic E-state index is 13.1. The van der Waals surface area contributed by atoms with Gasteiger partial charge < -0.3 is 0 Å². The molecule has 2 aromatic rings. The van der Waals surface area contributed by atoms with Crippen LogP contribution < -0.4 is 5.43 Å². The van der Waals surface area contributed by atoms with Crippen molar-refractivity contribution in [3.8, 4) is 0 Å². The van der Waals surface area contributed by atoms with E-state index in [1.165, 1.54) is 16.4 Å². The van der Waals surface area contributed by atoms with Crippen LogP contribution >= 0.6 is 0 Å². The number of carbonyl (C=O) groups excluding carboxylic acids is 1. The maximum Gasteiger partial charge on any atom is 0.255 e. The van der Waals surface area contributed by atoms with E-state index in [4.69, 9.17) is 0 Å². The highest BCUT2D eigenvalue weighted by Crippen LogP contribution is 2.18. The summed E-state index contributed by atoms with van der Waals surface area (Å²) in [7, 11) is -3.82. The predicted octanol–water partition coefficient (Wildman–Crippen LogP) is 3.56. The molecule has 6 nitrogen and oxygen atoms in total. The Kier molecular flexibility index (Phi) is 8.35. The van der Waals surface area contributed by atoms with Gasteiger partial charge in [0.2, 0.25) is 10.0 Å². The van der Waals surface area contributed by atoms with Crippen molar-refractivity contribution in [2.24, 2.45) is 5.10 Å². The van der Waals surface area contributed by atoms with Crippen molar-refractivity contribution in [1.82, 2.24) is 9.73 Å². The smallest absolute Gasteiger partial charge is 0.255 e. The number of amides is 1. The number of benzene rings is 2. The third kappa shape index (κ3) is 6.58. The van der Waals surface area contributed by atoms with Crippen molar-refractivity contribution in [3.05, 3.63) is 66.2 Å². The molecule has 150 valence electrons. The Morgan fingerprint density at radius 2 is 1.64 bits per heavy atom. The molecule has 1 amide bonds. The normalized spacial score (nSPS) is 12.2. The largest absolute Gasteiger partial charge is 0.272 e. The van der Waals surface area contributed by atoms with Gasteiger partial charge in [0.15, 0.2) is 0 Å². The zero-order valence-electron chi connectivity index (χ0n) is 16.3. The molecule has 28 heavy (non-hydrogen) atoms. The molecule has 0 bridgehead atoms. The quantitative estimate of drug-likeness (QED) is 0.488. The molecule has 0 aromatic heterocycles. The van der Waals surface area contributed by atoms with Crippen LogP contribution in [0.2, 0.25) is 0 Å². The number of carbonyl (C=O) groups is 1. The molecule has 0 aliphatic rings. The van der Waals surface area contributed by atoms with Crippen LogP contribution in [0.4, 0.5) is 0 Å². The van der Waals surface area contributed by atoms with Gasteiger partial charge in [0.1, 0.15) is 0 Å². The van der Waals surface area contributed by atoms with E-state index < -0.39 is 15.9 Å². The van der Waals surface area contributed by atoms with Gasteiger partial charge in [-0.2, -0.15) is 9.41 Å². The van der Waals surface area contributed by atoms with Gasteiger partial charge in [0, 0.05) is 12.3 Å². The highest BCUT2D eigenvalue weighted by Gasteiger charge is 2.26. The number of rotatable bonds is 10. The van der Waals surface area contributed by atoms with Gasteiger partial charge in [-0.1, -0.05) is 61.9 Å². The molecular formula is C21H27N3O3S. The van der Waals surface area contributed by atoms with E-state index in [0.717, 1.165) is 30.5 Å². The van der Waals surface area contributed by atoms with Crippen molar-refractivity contribution < 1.29 is 13.2 Å². The zero-order valence-corrected chi connectivity index (χ0v) is 17.2. The summed E-state index contributed by atoms with van der Waals surface area (Å²) in [6.07, 6.45) is 2.83. The van der Waals surface area contributed by atoms with Crippen LogP contribution in [0.5, 0.6) is 0 Å². The minimum absolute atomic E-state index is 0.101. The Balaban J connectivity index is 2.18. The van der Waals surface area contributed by atoms with Crippen molar-refractivity contribution in [2.75, 3.05) is 6.54 Å². The molecule has 2 rings (SSSR count). The van der Waals surface area contributed by atoms with Gasteiger partial charge in [0.25, 0.3) is 5.91 Å². The second-order valence-corrected chi connectivity index (χ2v) is 8.50. The molecule has 0 spiro atoms. The molecule has 0 atom stereocenters. The fraction of sp³-hybridized carbons (Fsp3) is 0.333. The third-order valence-corrected chi connectivity index (χ3v) is 5.97. The number of sulfonamides is 1. The van der Waals surface area contributed by atoms with Crippen LogP contribution in [0.3, 0.4) is 0 Å². The Bertz CT molecular complexity index is 882. The predicted molar refractivity (Wildman–Crippen MR) is 111 cm³/mol. The van der Waals surface area contributed by atoms with Crippen LogP contribution in [-0.2, 0) is 21.4 Å². The fourth-order valence-corrected chi connectivity index (χ4v) is 4.00. The first-order valence-corrected chi connectivity index (χ1v) is 10.8. The Labute approximate surface area is 167 Å². The summed E-state index contributed by atoms with van der Waals surface area (Å²) in [4.78, 5) is 12.5. The fourth-order valence-electron chi connectivity index (χ4n) is 2.60. The number of hydrogen-bond donors (Lipinski definition) is 1. The summed E-state index contributed by atoms with van der Waals surface area (Å²) >= 11 is 0. The van der Waals surface area contributed by atoms with Crippen LogP contribution in [-0.4, -0.2) is 30.9 Å². The monoisotopic (exact) mass is 401 g/mol. The summed E-state index contributed by atoms with van der Waals surface area (Å²) < 4.78 is 27.3. The third-order valence-electron chi connectivity index (χ3n) is 4.17. The highest BCUT2D eigenvalue weighted by atomic mass is 32.2. The molecule has 0 aliphatic carbocycles. The first kappa shape index (κ1) is 21.8. The first-order valence-electron chi connectivity index (χ1n) is 9.34. The number of nitrogens with zero attached hydrogens (tertiary/aromatic N) is 2. The maximum absolute atomic E-state index is 13.1. The second-order valence-electron chi connectivity index (χ2n) is 6.56. The molecule has 0 fully saturated rings.